The van der Waals surface area contributed by atoms with E-state index in [1.165, 1.54) is 18.3 Å². The first-order chi connectivity index (χ1) is 18.8. The topological polar surface area (TPSA) is 109 Å². The van der Waals surface area contributed by atoms with Gasteiger partial charge in [0.15, 0.2) is 17.5 Å². The number of carbonyl (C=O) groups is 2. The molecule has 0 saturated carbocycles. The maximum Gasteiger partial charge on any atom is 0.263 e. The predicted octanol–water partition coefficient (Wildman–Crippen LogP) is 3.97. The van der Waals surface area contributed by atoms with E-state index in [1.807, 2.05) is 12.1 Å². The molecule has 5 rings (SSSR count). The Bertz CT molecular complexity index is 1680. The van der Waals surface area contributed by atoms with Crippen LogP contribution in [-0.2, 0) is 11.3 Å². The lowest BCUT2D eigenvalue weighted by Crippen LogP contribution is -2.33. The molecule has 0 spiro atoms. The molecule has 0 atom stereocenters. The van der Waals surface area contributed by atoms with E-state index in [9.17, 15) is 27.6 Å². The van der Waals surface area contributed by atoms with Crippen molar-refractivity contribution in [3.63, 3.8) is 0 Å². The maximum atomic E-state index is 13.5. The highest BCUT2D eigenvalue weighted by molar-refractivity contribution is 6.34. The summed E-state index contributed by atoms with van der Waals surface area (Å²) < 4.78 is 41.3. The summed E-state index contributed by atoms with van der Waals surface area (Å²) in [7, 11) is 0. The number of nitrogens with zero attached hydrogens (tertiary/aromatic N) is 2. The van der Waals surface area contributed by atoms with Gasteiger partial charge in [0.1, 0.15) is 11.4 Å². The number of fused-ring (bicyclic) bond motifs is 1. The molecule has 2 aromatic heterocycles. The van der Waals surface area contributed by atoms with Crippen molar-refractivity contribution in [1.82, 2.24) is 19.9 Å². The number of imidazole rings is 1. The van der Waals surface area contributed by atoms with Gasteiger partial charge in [0, 0.05) is 36.4 Å². The minimum Gasteiger partial charge on any atom is -0.348 e. The van der Waals surface area contributed by atoms with Gasteiger partial charge in [-0.15, -0.1) is 0 Å². The number of benzene rings is 2. The Morgan fingerprint density at radius 2 is 1.87 bits per heavy atom. The third-order valence-electron chi connectivity index (χ3n) is 5.98. The molecule has 2 amide bonds. The van der Waals surface area contributed by atoms with Gasteiger partial charge in [0.05, 0.1) is 12.1 Å². The molecular formula is C28H20F3N5O3. The molecule has 0 fully saturated rings. The van der Waals surface area contributed by atoms with E-state index in [2.05, 4.69) is 20.6 Å². The van der Waals surface area contributed by atoms with Crippen molar-refractivity contribution in [2.45, 2.75) is 6.54 Å². The molecule has 11 heteroatoms. The summed E-state index contributed by atoms with van der Waals surface area (Å²) in [6.07, 6.45) is 9.72. The number of aromatic nitrogens is 3. The average molecular weight is 531 g/mol. The van der Waals surface area contributed by atoms with E-state index in [-0.39, 0.29) is 30.1 Å². The lowest BCUT2D eigenvalue weighted by Gasteiger charge is -2.09. The summed E-state index contributed by atoms with van der Waals surface area (Å²) in [6.45, 7) is -0.143. The van der Waals surface area contributed by atoms with Gasteiger partial charge < -0.3 is 20.2 Å². The number of halogens is 3. The van der Waals surface area contributed by atoms with Crippen molar-refractivity contribution in [3.05, 3.63) is 123 Å². The molecule has 2 aromatic carbocycles. The van der Waals surface area contributed by atoms with Crippen molar-refractivity contribution in [3.8, 4) is 0 Å². The number of H-pyrrole nitrogens is 1. The summed E-state index contributed by atoms with van der Waals surface area (Å²) >= 11 is 0. The van der Waals surface area contributed by atoms with Gasteiger partial charge in [-0.05, 0) is 47.5 Å². The Labute approximate surface area is 219 Å². The van der Waals surface area contributed by atoms with Crippen LogP contribution in [0.15, 0.2) is 71.9 Å². The van der Waals surface area contributed by atoms with Crippen LogP contribution in [0.2, 0.25) is 0 Å². The molecule has 39 heavy (non-hydrogen) atoms. The minimum atomic E-state index is -1.59. The van der Waals surface area contributed by atoms with E-state index >= 15 is 0 Å². The van der Waals surface area contributed by atoms with E-state index < -0.39 is 28.9 Å². The molecule has 3 N–H and O–H groups in total. The van der Waals surface area contributed by atoms with Gasteiger partial charge in [-0.3, -0.25) is 14.4 Å². The van der Waals surface area contributed by atoms with Gasteiger partial charge in [-0.2, -0.15) is 0 Å². The summed E-state index contributed by atoms with van der Waals surface area (Å²) in [5.74, 6) is -4.63. The largest absolute Gasteiger partial charge is 0.348 e. The van der Waals surface area contributed by atoms with Gasteiger partial charge in [-0.25, -0.2) is 18.2 Å². The zero-order valence-electron chi connectivity index (χ0n) is 20.2. The van der Waals surface area contributed by atoms with Crippen LogP contribution in [0.3, 0.4) is 0 Å². The first-order valence-corrected chi connectivity index (χ1v) is 11.7. The number of pyridine rings is 1. The molecule has 1 aliphatic rings. The van der Waals surface area contributed by atoms with Crippen molar-refractivity contribution in [2.24, 2.45) is 0 Å². The lowest BCUT2D eigenvalue weighted by molar-refractivity contribution is -0.110. The van der Waals surface area contributed by atoms with Gasteiger partial charge >= 0.3 is 0 Å². The second-order valence-electron chi connectivity index (χ2n) is 8.63. The molecule has 196 valence electrons. The second-order valence-corrected chi connectivity index (χ2v) is 8.63. The molecule has 3 heterocycles. The SMILES string of the molecule is O=C1Nc2cc(C=CCNC(=O)c3cccn(Cc4cc(F)c(F)c(F)c4)c3=O)ccc2/C1=C/c1ncc[nH]1. The molecule has 0 radical (unpaired) electrons. The summed E-state index contributed by atoms with van der Waals surface area (Å²) in [5.41, 5.74) is 1.86. The van der Waals surface area contributed by atoms with E-state index in [0.717, 1.165) is 27.8 Å². The van der Waals surface area contributed by atoms with Crippen LogP contribution in [0.4, 0.5) is 18.9 Å². The van der Waals surface area contributed by atoms with Crippen molar-refractivity contribution in [1.29, 1.82) is 0 Å². The average Bonchev–Trinajstić information content (AvgIpc) is 3.53. The Morgan fingerprint density at radius 1 is 1.08 bits per heavy atom. The number of aromatic amines is 1. The van der Waals surface area contributed by atoms with E-state index in [4.69, 9.17) is 0 Å². The summed E-state index contributed by atoms with van der Waals surface area (Å²) in [5, 5.41) is 5.44. The molecule has 4 aromatic rings. The van der Waals surface area contributed by atoms with Crippen LogP contribution in [-0.4, -0.2) is 32.9 Å². The third kappa shape index (κ3) is 5.42. The van der Waals surface area contributed by atoms with Crippen LogP contribution in [0.1, 0.15) is 32.9 Å². The number of nitrogens with one attached hydrogen (secondary N) is 3. The third-order valence-corrected chi connectivity index (χ3v) is 5.98. The molecule has 0 aliphatic carbocycles. The number of amides is 2. The smallest absolute Gasteiger partial charge is 0.263 e. The number of carbonyl (C=O) groups excluding carboxylic acids is 2. The Balaban J connectivity index is 1.23. The van der Waals surface area contributed by atoms with E-state index in [0.29, 0.717) is 17.1 Å². The van der Waals surface area contributed by atoms with Crippen molar-refractivity contribution >= 4 is 35.2 Å². The van der Waals surface area contributed by atoms with Gasteiger partial charge in [0.2, 0.25) is 0 Å². The molecule has 1 aliphatic heterocycles. The monoisotopic (exact) mass is 531 g/mol. The highest BCUT2D eigenvalue weighted by Crippen LogP contribution is 2.33. The highest BCUT2D eigenvalue weighted by Gasteiger charge is 2.24. The van der Waals surface area contributed by atoms with Gasteiger partial charge in [-0.1, -0.05) is 24.3 Å². The molecule has 0 unspecified atom stereocenters. The number of hydrogen-bond acceptors (Lipinski definition) is 4. The maximum absolute atomic E-state index is 13.5. The van der Waals surface area contributed by atoms with Gasteiger partial charge in [0.25, 0.3) is 17.4 Å². The molecule has 0 saturated heterocycles. The quantitative estimate of drug-likeness (QED) is 0.248. The standard InChI is InChI=1S/C28H20F3N5O3/c29-21-11-17(12-22(30)25(21)31)15-36-10-2-4-19(28(36)39)26(37)34-7-1-3-16-5-6-18-20(14-24-32-8-9-33-24)27(38)35-23(18)13-16/h1-6,8-14H,7,15H2,(H,32,33)(H,34,37)(H,35,38)/b3-1?,20-14-. The van der Waals surface area contributed by atoms with Crippen LogP contribution in [0.5, 0.6) is 0 Å². The zero-order chi connectivity index (χ0) is 27.5. The summed E-state index contributed by atoms with van der Waals surface area (Å²) in [6, 6.07) is 9.81. The van der Waals surface area contributed by atoms with Crippen LogP contribution in [0, 0.1) is 17.5 Å². The number of rotatable bonds is 7. The van der Waals surface area contributed by atoms with Crippen molar-refractivity contribution < 1.29 is 22.8 Å². The Morgan fingerprint density at radius 3 is 2.62 bits per heavy atom. The predicted molar refractivity (Wildman–Crippen MR) is 139 cm³/mol. The van der Waals surface area contributed by atoms with Crippen LogP contribution in [0.25, 0.3) is 17.7 Å². The highest BCUT2D eigenvalue weighted by atomic mass is 19.2. The lowest BCUT2D eigenvalue weighted by atomic mass is 10.0. The second kappa shape index (κ2) is 10.7. The first-order valence-electron chi connectivity index (χ1n) is 11.7. The number of hydrogen-bond donors (Lipinski definition) is 3. The fourth-order valence-corrected chi connectivity index (χ4v) is 4.12. The fraction of sp³-hybridized carbons (Fsp3) is 0.0714. The Hall–Kier alpha value is -5.19. The zero-order valence-corrected chi connectivity index (χ0v) is 20.2. The number of anilines is 1. The van der Waals surface area contributed by atoms with Crippen molar-refractivity contribution in [2.75, 3.05) is 11.9 Å². The molecule has 8 nitrogen and oxygen atoms in total. The van der Waals surface area contributed by atoms with Crippen LogP contribution >= 0.6 is 0 Å². The first kappa shape index (κ1) is 25.5. The normalized spacial score (nSPS) is 13.6. The van der Waals surface area contributed by atoms with Crippen LogP contribution < -0.4 is 16.2 Å². The minimum absolute atomic E-state index is 0.0307. The fourth-order valence-electron chi connectivity index (χ4n) is 4.12. The molecular weight excluding hydrogens is 511 g/mol. The summed E-state index contributed by atoms with van der Waals surface area (Å²) in [4.78, 5) is 44.8. The molecule has 0 bridgehead atoms. The van der Waals surface area contributed by atoms with E-state index in [1.54, 1.807) is 36.7 Å². The Kier molecular flexibility index (Phi) is 6.96.